The molecular weight excluding hydrogens is 546 g/mol. The lowest BCUT2D eigenvalue weighted by Crippen LogP contribution is -2.53. The molecule has 0 saturated carbocycles. The zero-order chi connectivity index (χ0) is 30.1. The Morgan fingerprint density at radius 3 is 2.47 bits per heavy atom. The molecule has 2 bridgehead atoms. The van der Waals surface area contributed by atoms with Gasteiger partial charge in [0, 0.05) is 49.1 Å². The molecule has 3 unspecified atom stereocenters. The van der Waals surface area contributed by atoms with E-state index in [9.17, 15) is 4.79 Å². The number of piperidine rings is 1. The van der Waals surface area contributed by atoms with Gasteiger partial charge in [0.1, 0.15) is 17.5 Å². The van der Waals surface area contributed by atoms with Crippen LogP contribution in [-0.2, 0) is 9.47 Å². The van der Waals surface area contributed by atoms with E-state index in [2.05, 4.69) is 27.2 Å². The van der Waals surface area contributed by atoms with E-state index in [1.54, 1.807) is 0 Å². The minimum absolute atomic E-state index is 0.0233. The van der Waals surface area contributed by atoms with Crippen molar-refractivity contribution in [3.8, 4) is 28.4 Å². The maximum Gasteiger partial charge on any atom is 0.410 e. The number of carbonyl (C=O) groups is 1. The summed E-state index contributed by atoms with van der Waals surface area (Å²) in [5.74, 6) is 1.34. The third kappa shape index (κ3) is 6.32. The van der Waals surface area contributed by atoms with Crippen molar-refractivity contribution in [1.29, 1.82) is 0 Å². The van der Waals surface area contributed by atoms with Gasteiger partial charge in [0.15, 0.2) is 5.82 Å². The number of carbonyl (C=O) groups excluding carboxylic acids is 1. The molecule has 4 atom stereocenters. The summed E-state index contributed by atoms with van der Waals surface area (Å²) in [7, 11) is 2.07. The number of amides is 1. The molecular formula is C32H43N7O4. The molecule has 3 aromatic rings. The van der Waals surface area contributed by atoms with Crippen molar-refractivity contribution in [2.75, 3.05) is 25.2 Å². The molecule has 3 aliphatic heterocycles. The van der Waals surface area contributed by atoms with Gasteiger partial charge in [-0.05, 0) is 96.9 Å². The Kier molecular flexibility index (Phi) is 8.26. The second kappa shape index (κ2) is 12.1. The first-order valence-corrected chi connectivity index (χ1v) is 15.6. The number of hydrogen-bond acceptors (Lipinski definition) is 9. The largest absolute Gasteiger partial charge is 0.478 e. The van der Waals surface area contributed by atoms with Crippen molar-refractivity contribution in [2.45, 2.75) is 103 Å². The summed E-state index contributed by atoms with van der Waals surface area (Å²) in [4.78, 5) is 21.9. The number of fused-ring (bicyclic) bond motifs is 2. The molecule has 0 aliphatic carbocycles. The van der Waals surface area contributed by atoms with E-state index in [1.807, 2.05) is 73.9 Å². The third-order valence-corrected chi connectivity index (χ3v) is 8.64. The van der Waals surface area contributed by atoms with Gasteiger partial charge in [-0.3, -0.25) is 0 Å². The Bertz CT molecular complexity index is 1400. The van der Waals surface area contributed by atoms with Gasteiger partial charge in [0.05, 0.1) is 18.5 Å². The summed E-state index contributed by atoms with van der Waals surface area (Å²) in [5.41, 5.74) is 2.69. The highest BCUT2D eigenvalue weighted by atomic mass is 16.6. The van der Waals surface area contributed by atoms with Gasteiger partial charge in [-0.2, -0.15) is 5.10 Å². The number of pyridine rings is 1. The fourth-order valence-corrected chi connectivity index (χ4v) is 6.53. The number of ether oxygens (including phenoxy) is 3. The molecule has 230 valence electrons. The molecule has 3 saturated heterocycles. The van der Waals surface area contributed by atoms with Crippen LogP contribution in [0.1, 0.15) is 78.9 Å². The lowest BCUT2D eigenvalue weighted by Gasteiger charge is -2.42. The quantitative estimate of drug-likeness (QED) is 0.334. The summed E-state index contributed by atoms with van der Waals surface area (Å²) < 4.78 is 19.4. The van der Waals surface area contributed by atoms with E-state index < -0.39 is 5.60 Å². The fraction of sp³-hybridized carbons (Fsp3) is 0.594. The fourth-order valence-electron chi connectivity index (χ4n) is 6.53. The van der Waals surface area contributed by atoms with E-state index in [4.69, 9.17) is 19.2 Å². The van der Waals surface area contributed by atoms with Gasteiger partial charge in [0.2, 0.25) is 5.88 Å². The van der Waals surface area contributed by atoms with Gasteiger partial charge in [-0.25, -0.2) is 14.5 Å². The van der Waals surface area contributed by atoms with Crippen LogP contribution in [0.2, 0.25) is 0 Å². The molecule has 11 heteroatoms. The summed E-state index contributed by atoms with van der Waals surface area (Å²) in [5, 5.41) is 13.7. The zero-order valence-corrected chi connectivity index (χ0v) is 25.9. The van der Waals surface area contributed by atoms with Crippen molar-refractivity contribution in [2.24, 2.45) is 0 Å². The van der Waals surface area contributed by atoms with Crippen molar-refractivity contribution in [3.63, 3.8) is 0 Å². The monoisotopic (exact) mass is 589 g/mol. The number of anilines is 1. The van der Waals surface area contributed by atoms with Crippen LogP contribution in [0.25, 0.3) is 22.5 Å². The van der Waals surface area contributed by atoms with E-state index in [0.717, 1.165) is 68.5 Å². The Labute approximate surface area is 253 Å². The Balaban J connectivity index is 1.14. The van der Waals surface area contributed by atoms with Crippen molar-refractivity contribution in [1.82, 2.24) is 29.9 Å². The predicted octanol–water partition coefficient (Wildman–Crippen LogP) is 5.87. The molecule has 0 spiro atoms. The lowest BCUT2D eigenvalue weighted by molar-refractivity contribution is -0.0394. The first-order chi connectivity index (χ1) is 20.7. The molecule has 3 fully saturated rings. The predicted molar refractivity (Wildman–Crippen MR) is 163 cm³/mol. The molecule has 0 aromatic carbocycles. The normalized spacial score (nSPS) is 23.7. The Hall–Kier alpha value is -3.73. The van der Waals surface area contributed by atoms with E-state index in [-0.39, 0.29) is 30.4 Å². The van der Waals surface area contributed by atoms with Crippen LogP contribution in [0.5, 0.6) is 5.88 Å². The molecule has 6 heterocycles. The minimum Gasteiger partial charge on any atom is -0.478 e. The number of nitrogens with zero attached hydrogens (tertiary/aromatic N) is 7. The SMILES string of the molecule is CCOc1nc(-c2ccc(N(C)C3CC4CC[C@H](C3)N4C(=O)OC(C)(C)C)nn2)ccc1-c1cnn(C2CCCCO2)c1. The molecule has 3 aromatic heterocycles. The summed E-state index contributed by atoms with van der Waals surface area (Å²) in [6.07, 6.45) is 10.6. The number of rotatable bonds is 7. The van der Waals surface area contributed by atoms with Crippen LogP contribution in [0.3, 0.4) is 0 Å². The van der Waals surface area contributed by atoms with Crippen molar-refractivity contribution < 1.29 is 19.0 Å². The zero-order valence-electron chi connectivity index (χ0n) is 25.9. The molecule has 6 rings (SSSR count). The summed E-state index contributed by atoms with van der Waals surface area (Å²) >= 11 is 0. The van der Waals surface area contributed by atoms with Crippen LogP contribution in [0, 0.1) is 0 Å². The van der Waals surface area contributed by atoms with Crippen LogP contribution in [0.4, 0.5) is 10.6 Å². The number of aromatic nitrogens is 5. The van der Waals surface area contributed by atoms with Gasteiger partial charge in [0.25, 0.3) is 0 Å². The van der Waals surface area contributed by atoms with Crippen LogP contribution in [-0.4, -0.2) is 79.9 Å². The first-order valence-electron chi connectivity index (χ1n) is 15.6. The van der Waals surface area contributed by atoms with Crippen molar-refractivity contribution >= 4 is 11.9 Å². The molecule has 1 amide bonds. The maximum atomic E-state index is 12.9. The number of hydrogen-bond donors (Lipinski definition) is 0. The molecule has 0 N–H and O–H groups in total. The molecule has 11 nitrogen and oxygen atoms in total. The van der Waals surface area contributed by atoms with Gasteiger partial charge >= 0.3 is 6.09 Å². The van der Waals surface area contributed by atoms with Gasteiger partial charge in [-0.15, -0.1) is 10.2 Å². The van der Waals surface area contributed by atoms with E-state index in [0.29, 0.717) is 23.9 Å². The highest BCUT2D eigenvalue weighted by molar-refractivity contribution is 5.71. The van der Waals surface area contributed by atoms with Crippen molar-refractivity contribution in [3.05, 3.63) is 36.7 Å². The third-order valence-electron chi connectivity index (χ3n) is 8.64. The summed E-state index contributed by atoms with van der Waals surface area (Å²) in [6.45, 7) is 8.96. The van der Waals surface area contributed by atoms with Crippen LogP contribution >= 0.6 is 0 Å². The second-order valence-corrected chi connectivity index (χ2v) is 12.8. The Morgan fingerprint density at radius 1 is 1.05 bits per heavy atom. The standard InChI is InChI=1S/C32H43N7O4/c1-6-41-30-25(21-19-33-38(20-21)29-9-7-8-16-42-29)12-13-26(34-30)27-14-15-28(36-35-27)37(5)24-17-22-10-11-23(18-24)39(22)31(40)43-32(2,3)4/h12-15,19-20,22-24,29H,6-11,16-18H2,1-5H3/t22-,23?,24?,29?/m1/s1. The highest BCUT2D eigenvalue weighted by Crippen LogP contribution is 2.39. The highest BCUT2D eigenvalue weighted by Gasteiger charge is 2.46. The van der Waals surface area contributed by atoms with E-state index in [1.165, 1.54) is 0 Å². The smallest absolute Gasteiger partial charge is 0.410 e. The average molecular weight is 590 g/mol. The second-order valence-electron chi connectivity index (χ2n) is 12.8. The lowest BCUT2D eigenvalue weighted by atomic mass is 9.96. The summed E-state index contributed by atoms with van der Waals surface area (Å²) in [6, 6.07) is 8.56. The van der Waals surface area contributed by atoms with Gasteiger partial charge < -0.3 is 24.0 Å². The molecule has 0 radical (unpaired) electrons. The van der Waals surface area contributed by atoms with Gasteiger partial charge in [-0.1, -0.05) is 0 Å². The van der Waals surface area contributed by atoms with Crippen LogP contribution in [0.15, 0.2) is 36.7 Å². The molecule has 3 aliphatic rings. The first kappa shape index (κ1) is 29.3. The van der Waals surface area contributed by atoms with Crippen LogP contribution < -0.4 is 9.64 Å². The topological polar surface area (TPSA) is 108 Å². The minimum atomic E-state index is -0.493. The Morgan fingerprint density at radius 2 is 1.81 bits per heavy atom. The average Bonchev–Trinajstić information content (AvgIpc) is 3.59. The van der Waals surface area contributed by atoms with E-state index >= 15 is 0 Å². The maximum absolute atomic E-state index is 12.9. The molecule has 43 heavy (non-hydrogen) atoms.